The highest BCUT2D eigenvalue weighted by molar-refractivity contribution is 7.89. The van der Waals surface area contributed by atoms with Crippen molar-refractivity contribution in [1.82, 2.24) is 19.6 Å². The Labute approximate surface area is 96.1 Å². The van der Waals surface area contributed by atoms with Gasteiger partial charge in [-0.15, -0.1) is 0 Å². The van der Waals surface area contributed by atoms with E-state index in [9.17, 15) is 8.42 Å². The van der Waals surface area contributed by atoms with Crippen LogP contribution < -0.4 is 4.72 Å². The van der Waals surface area contributed by atoms with Gasteiger partial charge >= 0.3 is 0 Å². The van der Waals surface area contributed by atoms with Crippen molar-refractivity contribution < 1.29 is 8.42 Å². The molecule has 0 bridgehead atoms. The molecule has 2 N–H and O–H groups in total. The minimum atomic E-state index is -3.45. The molecule has 0 aliphatic heterocycles. The zero-order chi connectivity index (χ0) is 12.2. The van der Waals surface area contributed by atoms with E-state index in [1.165, 1.54) is 12.5 Å². The van der Waals surface area contributed by atoms with Crippen LogP contribution in [0, 0.1) is 0 Å². The normalized spacial score (nSPS) is 14.2. The Morgan fingerprint density at radius 3 is 2.75 bits per heavy atom. The molecule has 1 aromatic heterocycles. The van der Waals surface area contributed by atoms with Crippen LogP contribution in [0.3, 0.4) is 0 Å². The molecule has 0 aromatic carbocycles. The number of hydrogen-bond donors (Lipinski definition) is 2. The monoisotopic (exact) mass is 246 g/mol. The molecule has 0 fully saturated rings. The predicted octanol–water partition coefficient (Wildman–Crippen LogP) is 0.0282. The average molecular weight is 246 g/mol. The van der Waals surface area contributed by atoms with E-state index >= 15 is 0 Å². The number of nitrogens with zero attached hydrogens (tertiary/aromatic N) is 2. The van der Waals surface area contributed by atoms with Crippen molar-refractivity contribution in [2.75, 3.05) is 20.6 Å². The van der Waals surface area contributed by atoms with Gasteiger partial charge in [-0.1, -0.05) is 0 Å². The minimum Gasteiger partial charge on any atom is -0.335 e. The van der Waals surface area contributed by atoms with Crippen molar-refractivity contribution in [2.24, 2.45) is 0 Å². The summed E-state index contributed by atoms with van der Waals surface area (Å²) >= 11 is 0. The number of rotatable bonds is 6. The first-order valence-corrected chi connectivity index (χ1v) is 6.55. The molecule has 0 amide bonds. The first-order valence-electron chi connectivity index (χ1n) is 5.07. The summed E-state index contributed by atoms with van der Waals surface area (Å²) in [5.74, 6) is 0. The fraction of sp³-hybridized carbons (Fsp3) is 0.667. The fourth-order valence-electron chi connectivity index (χ4n) is 1.23. The third kappa shape index (κ3) is 3.92. The molecule has 16 heavy (non-hydrogen) atoms. The zero-order valence-corrected chi connectivity index (χ0v) is 10.6. The Kier molecular flexibility index (Phi) is 4.45. The first-order chi connectivity index (χ1) is 7.42. The molecule has 0 saturated carbocycles. The number of imidazole rings is 1. The smallest absolute Gasteiger partial charge is 0.257 e. The number of aromatic nitrogens is 2. The molecule has 0 saturated heterocycles. The predicted molar refractivity (Wildman–Crippen MR) is 61.5 cm³/mol. The van der Waals surface area contributed by atoms with Gasteiger partial charge in [-0.3, -0.25) is 0 Å². The Morgan fingerprint density at radius 1 is 1.56 bits per heavy atom. The van der Waals surface area contributed by atoms with E-state index in [1.54, 1.807) is 0 Å². The van der Waals surface area contributed by atoms with Crippen LogP contribution in [0.25, 0.3) is 0 Å². The zero-order valence-electron chi connectivity index (χ0n) is 9.77. The van der Waals surface area contributed by atoms with Crippen molar-refractivity contribution in [3.05, 3.63) is 12.5 Å². The summed E-state index contributed by atoms with van der Waals surface area (Å²) in [6.45, 7) is 2.68. The summed E-state index contributed by atoms with van der Waals surface area (Å²) in [6, 6.07) is -0.101. The summed E-state index contributed by atoms with van der Waals surface area (Å²) in [7, 11) is 0.458. The van der Waals surface area contributed by atoms with Crippen LogP contribution in [0.2, 0.25) is 0 Å². The largest absolute Gasteiger partial charge is 0.335 e. The topological polar surface area (TPSA) is 78.1 Å². The minimum absolute atomic E-state index is 0.101. The van der Waals surface area contributed by atoms with E-state index in [1.807, 2.05) is 25.9 Å². The number of aromatic amines is 1. The van der Waals surface area contributed by atoms with E-state index in [-0.39, 0.29) is 11.1 Å². The second-order valence-electron chi connectivity index (χ2n) is 4.03. The lowest BCUT2D eigenvalue weighted by Crippen LogP contribution is -2.34. The maximum Gasteiger partial charge on any atom is 0.257 e. The van der Waals surface area contributed by atoms with Crippen molar-refractivity contribution in [2.45, 2.75) is 24.4 Å². The molecular weight excluding hydrogens is 228 g/mol. The molecule has 1 atom stereocenters. The quantitative estimate of drug-likeness (QED) is 0.742. The molecule has 92 valence electrons. The highest BCUT2D eigenvalue weighted by Crippen LogP contribution is 2.04. The van der Waals surface area contributed by atoms with Crippen LogP contribution in [0.15, 0.2) is 17.6 Å². The van der Waals surface area contributed by atoms with Gasteiger partial charge in [0.1, 0.15) is 0 Å². The van der Waals surface area contributed by atoms with Crippen molar-refractivity contribution in [1.29, 1.82) is 0 Å². The third-order valence-corrected chi connectivity index (χ3v) is 3.64. The van der Waals surface area contributed by atoms with Gasteiger partial charge in [0.25, 0.3) is 10.0 Å². The summed E-state index contributed by atoms with van der Waals surface area (Å²) in [4.78, 5) is 8.28. The van der Waals surface area contributed by atoms with Crippen LogP contribution >= 0.6 is 0 Å². The molecule has 0 radical (unpaired) electrons. The fourth-order valence-corrected chi connectivity index (χ4v) is 2.41. The van der Waals surface area contributed by atoms with Crippen LogP contribution in [-0.2, 0) is 10.0 Å². The maximum atomic E-state index is 11.8. The lowest BCUT2D eigenvalue weighted by Gasteiger charge is -2.16. The molecule has 1 unspecified atom stereocenters. The second kappa shape index (κ2) is 5.42. The van der Waals surface area contributed by atoms with Gasteiger partial charge in [0, 0.05) is 6.04 Å². The van der Waals surface area contributed by atoms with E-state index in [0.717, 1.165) is 13.0 Å². The summed E-state index contributed by atoms with van der Waals surface area (Å²) < 4.78 is 26.1. The van der Waals surface area contributed by atoms with Crippen LogP contribution in [0.1, 0.15) is 13.3 Å². The van der Waals surface area contributed by atoms with Gasteiger partial charge in [0.2, 0.25) is 0 Å². The standard InChI is InChI=1S/C9H18N4O2S/c1-8(4-5-13(2)3)12-16(14,15)9-6-10-7-11-9/h6-8,12H,4-5H2,1-3H3,(H,10,11). The number of nitrogens with one attached hydrogen (secondary N) is 2. The van der Waals surface area contributed by atoms with Crippen molar-refractivity contribution >= 4 is 10.0 Å². The van der Waals surface area contributed by atoms with Crippen LogP contribution in [-0.4, -0.2) is 50.0 Å². The lowest BCUT2D eigenvalue weighted by molar-refractivity contribution is 0.379. The molecular formula is C9H18N4O2S. The van der Waals surface area contributed by atoms with Gasteiger partial charge in [0.05, 0.1) is 12.5 Å². The lowest BCUT2D eigenvalue weighted by atomic mass is 10.2. The molecule has 7 heteroatoms. The Hall–Kier alpha value is -0.920. The van der Waals surface area contributed by atoms with Crippen molar-refractivity contribution in [3.63, 3.8) is 0 Å². The molecule has 0 spiro atoms. The van der Waals surface area contributed by atoms with Crippen molar-refractivity contribution in [3.8, 4) is 0 Å². The van der Waals surface area contributed by atoms with E-state index in [2.05, 4.69) is 14.7 Å². The second-order valence-corrected chi connectivity index (χ2v) is 5.71. The van der Waals surface area contributed by atoms with E-state index in [0.29, 0.717) is 0 Å². The number of hydrogen-bond acceptors (Lipinski definition) is 4. The Morgan fingerprint density at radius 2 is 2.25 bits per heavy atom. The molecule has 1 rings (SSSR count). The third-order valence-electron chi connectivity index (χ3n) is 2.13. The Balaban J connectivity index is 2.54. The molecule has 0 aliphatic rings. The molecule has 1 heterocycles. The van der Waals surface area contributed by atoms with Gasteiger partial charge < -0.3 is 9.88 Å². The molecule has 0 aliphatic carbocycles. The summed E-state index contributed by atoms with van der Waals surface area (Å²) in [6.07, 6.45) is 3.40. The van der Waals surface area contributed by atoms with Gasteiger partial charge in [0.15, 0.2) is 5.03 Å². The van der Waals surface area contributed by atoms with E-state index < -0.39 is 10.0 Å². The van der Waals surface area contributed by atoms with E-state index in [4.69, 9.17) is 0 Å². The maximum absolute atomic E-state index is 11.8. The molecule has 6 nitrogen and oxygen atoms in total. The number of H-pyrrole nitrogens is 1. The van der Waals surface area contributed by atoms with Crippen LogP contribution in [0.4, 0.5) is 0 Å². The highest BCUT2D eigenvalue weighted by Gasteiger charge is 2.18. The molecule has 1 aromatic rings. The van der Waals surface area contributed by atoms with Gasteiger partial charge in [-0.05, 0) is 34.0 Å². The number of sulfonamides is 1. The van der Waals surface area contributed by atoms with Crippen LogP contribution in [0.5, 0.6) is 0 Å². The Bertz CT molecular complexity index is 399. The van der Waals surface area contributed by atoms with Gasteiger partial charge in [-0.25, -0.2) is 18.1 Å². The van der Waals surface area contributed by atoms with Gasteiger partial charge in [-0.2, -0.15) is 0 Å². The first kappa shape index (κ1) is 13.1. The highest BCUT2D eigenvalue weighted by atomic mass is 32.2. The summed E-state index contributed by atoms with van der Waals surface area (Å²) in [5.41, 5.74) is 0. The average Bonchev–Trinajstić information content (AvgIpc) is 2.67. The summed E-state index contributed by atoms with van der Waals surface area (Å²) in [5, 5.41) is 0.101. The SMILES string of the molecule is CC(CCN(C)C)NS(=O)(=O)c1cnc[nH]1.